The van der Waals surface area contributed by atoms with Gasteiger partial charge in [0.25, 0.3) is 5.91 Å². The maximum absolute atomic E-state index is 13.4. The van der Waals surface area contributed by atoms with Gasteiger partial charge in [-0.15, -0.1) is 11.3 Å². The first-order valence-electron chi connectivity index (χ1n) is 11.2. The van der Waals surface area contributed by atoms with Crippen LogP contribution in [0.1, 0.15) is 53.6 Å². The molecule has 5 nitrogen and oxygen atoms in total. The van der Waals surface area contributed by atoms with E-state index in [1.165, 1.54) is 12.0 Å². The summed E-state index contributed by atoms with van der Waals surface area (Å²) in [5, 5.41) is 14.1. The summed E-state index contributed by atoms with van der Waals surface area (Å²) in [6.07, 6.45) is 4.48. The van der Waals surface area contributed by atoms with E-state index in [4.69, 9.17) is 4.74 Å². The molecule has 3 aromatic rings. The van der Waals surface area contributed by atoms with Crippen LogP contribution < -0.4 is 10.1 Å². The van der Waals surface area contributed by atoms with Crippen LogP contribution in [0.2, 0.25) is 0 Å². The number of methoxy groups -OCH3 is 1. The molecule has 6 heteroatoms. The molecule has 1 atom stereocenters. The normalized spacial score (nSPS) is 15.9. The highest BCUT2D eigenvalue weighted by Crippen LogP contribution is 2.45. The van der Waals surface area contributed by atoms with Crippen LogP contribution in [0.5, 0.6) is 11.5 Å². The minimum Gasteiger partial charge on any atom is -0.504 e. The Morgan fingerprint density at radius 2 is 1.94 bits per heavy atom. The number of aromatic hydroxyl groups is 1. The van der Waals surface area contributed by atoms with Crippen LogP contribution in [0.3, 0.4) is 0 Å². The highest BCUT2D eigenvalue weighted by atomic mass is 32.1. The molecule has 172 valence electrons. The van der Waals surface area contributed by atoms with Crippen LogP contribution in [0.25, 0.3) is 0 Å². The summed E-state index contributed by atoms with van der Waals surface area (Å²) < 4.78 is 5.20. The third kappa shape index (κ3) is 4.96. The van der Waals surface area contributed by atoms with Crippen molar-refractivity contribution in [1.82, 2.24) is 0 Å². The average molecular weight is 463 g/mol. The van der Waals surface area contributed by atoms with Gasteiger partial charge >= 0.3 is 0 Å². The van der Waals surface area contributed by atoms with Gasteiger partial charge < -0.3 is 15.2 Å². The van der Waals surface area contributed by atoms with Gasteiger partial charge in [0.05, 0.1) is 12.7 Å². The zero-order valence-corrected chi connectivity index (χ0v) is 20.3. The van der Waals surface area contributed by atoms with E-state index < -0.39 is 0 Å². The van der Waals surface area contributed by atoms with Crippen LogP contribution in [0.4, 0.5) is 10.7 Å². The molecule has 1 aliphatic carbocycles. The molecule has 2 N–H and O–H groups in total. The van der Waals surface area contributed by atoms with E-state index in [9.17, 15) is 9.90 Å². The number of nitrogens with zero attached hydrogens (tertiary/aromatic N) is 1. The molecule has 1 amide bonds. The lowest BCUT2D eigenvalue weighted by molar-refractivity contribution is 0.102. The van der Waals surface area contributed by atoms with Gasteiger partial charge in [0, 0.05) is 22.3 Å². The van der Waals surface area contributed by atoms with Gasteiger partial charge in [0.1, 0.15) is 5.00 Å². The quantitative estimate of drug-likeness (QED) is 0.419. The van der Waals surface area contributed by atoms with Gasteiger partial charge in [-0.2, -0.15) is 0 Å². The number of carbonyl (C=O) groups is 1. The third-order valence-electron chi connectivity index (χ3n) is 6.30. The summed E-state index contributed by atoms with van der Waals surface area (Å²) in [6.45, 7) is 6.84. The number of rotatable bonds is 5. The Morgan fingerprint density at radius 1 is 1.18 bits per heavy atom. The van der Waals surface area contributed by atoms with Crippen molar-refractivity contribution in [1.29, 1.82) is 0 Å². The first-order valence-corrected chi connectivity index (χ1v) is 12.0. The van der Waals surface area contributed by atoms with Crippen LogP contribution >= 0.6 is 11.3 Å². The van der Waals surface area contributed by atoms with E-state index in [1.54, 1.807) is 35.8 Å². The second-order valence-corrected chi connectivity index (χ2v) is 10.5. The number of hydrogen-bond acceptors (Lipinski definition) is 5. The molecular weight excluding hydrogens is 432 g/mol. The maximum atomic E-state index is 13.4. The zero-order chi connectivity index (χ0) is 23.6. The number of anilines is 1. The predicted octanol–water partition coefficient (Wildman–Crippen LogP) is 6.62. The lowest BCUT2D eigenvalue weighted by Gasteiger charge is -2.33. The van der Waals surface area contributed by atoms with Crippen molar-refractivity contribution in [3.05, 3.63) is 70.1 Å². The molecule has 2 aromatic carbocycles. The monoisotopic (exact) mass is 462 g/mol. The number of hydrogen-bond donors (Lipinski definition) is 2. The summed E-state index contributed by atoms with van der Waals surface area (Å²) in [7, 11) is 1.51. The number of thiophene rings is 1. The molecule has 0 saturated heterocycles. The fraction of sp³-hybridized carbons (Fsp3) is 0.333. The van der Waals surface area contributed by atoms with Gasteiger partial charge in [-0.3, -0.25) is 4.79 Å². The molecule has 0 spiro atoms. The van der Waals surface area contributed by atoms with Crippen molar-refractivity contribution >= 4 is 34.1 Å². The summed E-state index contributed by atoms with van der Waals surface area (Å²) >= 11 is 1.58. The van der Waals surface area contributed by atoms with Crippen LogP contribution in [0, 0.1) is 11.3 Å². The Morgan fingerprint density at radius 3 is 2.64 bits per heavy atom. The van der Waals surface area contributed by atoms with E-state index >= 15 is 0 Å². The van der Waals surface area contributed by atoms with Gasteiger partial charge in [-0.1, -0.05) is 45.0 Å². The van der Waals surface area contributed by atoms with Gasteiger partial charge in [-0.25, -0.2) is 4.99 Å². The van der Waals surface area contributed by atoms with Crippen molar-refractivity contribution in [2.75, 3.05) is 12.4 Å². The van der Waals surface area contributed by atoms with E-state index in [0.717, 1.165) is 30.5 Å². The second-order valence-electron chi connectivity index (χ2n) is 9.47. The van der Waals surface area contributed by atoms with Crippen molar-refractivity contribution in [2.24, 2.45) is 16.3 Å². The Hall–Kier alpha value is -3.12. The highest BCUT2D eigenvalue weighted by Gasteiger charge is 2.33. The number of benzene rings is 2. The number of phenols is 1. The van der Waals surface area contributed by atoms with E-state index in [-0.39, 0.29) is 17.1 Å². The minimum absolute atomic E-state index is 0.0353. The average Bonchev–Trinajstić information content (AvgIpc) is 3.16. The Kier molecular flexibility index (Phi) is 6.56. The number of nitrogens with one attached hydrogen (secondary N) is 1. The first kappa shape index (κ1) is 23.1. The maximum Gasteiger partial charge on any atom is 0.259 e. The third-order valence-corrected chi connectivity index (χ3v) is 7.46. The standard InChI is InChI=1S/C27H30N2O3S/c1-27(2,3)18-13-14-20-22(15-18)33-26(23(20)25(31)29-19-10-6-5-7-11-19)28-16-17-9-8-12-21(32-4)24(17)30/h5-12,16,18,30H,13-15H2,1-4H3,(H,29,31)/b28-16-. The molecule has 0 saturated carbocycles. The minimum atomic E-state index is -0.144. The number of phenolic OH excluding ortho intramolecular Hbond substituents is 1. The van der Waals surface area contributed by atoms with Crippen molar-refractivity contribution < 1.29 is 14.6 Å². The number of ether oxygens (including phenoxy) is 1. The molecule has 1 heterocycles. The van der Waals surface area contributed by atoms with Crippen LogP contribution in [-0.2, 0) is 12.8 Å². The van der Waals surface area contributed by atoms with Gasteiger partial charge in [-0.05, 0) is 60.4 Å². The number of aliphatic imine (C=N–C) groups is 1. The molecule has 4 rings (SSSR count). The summed E-state index contributed by atoms with van der Waals surface area (Å²) in [6, 6.07) is 14.7. The van der Waals surface area contributed by atoms with Crippen molar-refractivity contribution in [3.63, 3.8) is 0 Å². The molecular formula is C27H30N2O3S. The summed E-state index contributed by atoms with van der Waals surface area (Å²) in [4.78, 5) is 19.3. The fourth-order valence-electron chi connectivity index (χ4n) is 4.29. The smallest absolute Gasteiger partial charge is 0.259 e. The predicted molar refractivity (Wildman–Crippen MR) is 136 cm³/mol. The Bertz CT molecular complexity index is 1180. The number of para-hydroxylation sites is 2. The SMILES string of the molecule is COc1cccc(/C=N\c2sc3c(c2C(=O)Nc2ccccc2)CCC(C(C)(C)C)C3)c1O. The molecule has 33 heavy (non-hydrogen) atoms. The molecule has 1 aliphatic rings. The number of fused-ring (bicyclic) bond motifs is 1. The molecule has 0 aliphatic heterocycles. The van der Waals surface area contributed by atoms with E-state index in [1.807, 2.05) is 30.3 Å². The van der Waals surface area contributed by atoms with Gasteiger partial charge in [0.15, 0.2) is 11.5 Å². The molecule has 0 radical (unpaired) electrons. The van der Waals surface area contributed by atoms with Crippen LogP contribution in [0.15, 0.2) is 53.5 Å². The van der Waals surface area contributed by atoms with E-state index in [0.29, 0.717) is 27.8 Å². The summed E-state index contributed by atoms with van der Waals surface area (Å²) in [5.41, 5.74) is 3.26. The zero-order valence-electron chi connectivity index (χ0n) is 19.5. The van der Waals surface area contributed by atoms with Crippen molar-refractivity contribution in [2.45, 2.75) is 40.0 Å². The Labute approximate surface area is 199 Å². The topological polar surface area (TPSA) is 70.9 Å². The lowest BCUT2D eigenvalue weighted by atomic mass is 9.72. The molecule has 0 bridgehead atoms. The van der Waals surface area contributed by atoms with E-state index in [2.05, 4.69) is 31.1 Å². The van der Waals surface area contributed by atoms with Gasteiger partial charge in [0.2, 0.25) is 0 Å². The molecule has 1 aromatic heterocycles. The lowest BCUT2D eigenvalue weighted by Crippen LogP contribution is -2.27. The highest BCUT2D eigenvalue weighted by molar-refractivity contribution is 7.16. The number of amides is 1. The first-order chi connectivity index (χ1) is 15.8. The fourth-order valence-corrected chi connectivity index (χ4v) is 5.56. The second kappa shape index (κ2) is 9.40. The number of carbonyl (C=O) groups excluding carboxylic acids is 1. The molecule has 1 unspecified atom stereocenters. The Balaban J connectivity index is 1.73. The van der Waals surface area contributed by atoms with Crippen LogP contribution in [-0.4, -0.2) is 24.3 Å². The van der Waals surface area contributed by atoms with Crippen molar-refractivity contribution in [3.8, 4) is 11.5 Å². The molecule has 0 fully saturated rings. The summed E-state index contributed by atoms with van der Waals surface area (Å²) in [5.74, 6) is 0.843. The largest absolute Gasteiger partial charge is 0.504 e.